The molecule has 9 nitrogen and oxygen atoms in total. The van der Waals surface area contributed by atoms with Crippen LogP contribution in [0.5, 0.6) is 0 Å². The van der Waals surface area contributed by atoms with Crippen LogP contribution in [-0.2, 0) is 33.3 Å². The summed E-state index contributed by atoms with van der Waals surface area (Å²) in [5.74, 6) is -2.00. The molecule has 0 aromatic carbocycles. The van der Waals surface area contributed by atoms with Crippen LogP contribution >= 0.6 is 0 Å². The van der Waals surface area contributed by atoms with Crippen molar-refractivity contribution in [1.82, 2.24) is 0 Å². The van der Waals surface area contributed by atoms with Gasteiger partial charge in [0.15, 0.2) is 6.10 Å². The highest BCUT2D eigenvalue weighted by molar-refractivity contribution is 5.71. The summed E-state index contributed by atoms with van der Waals surface area (Å²) < 4.78 is 22.7. The number of likely N-dealkylation sites (N-methyl/N-ethyl adjacent to an activating group) is 1. The first-order valence-electron chi connectivity index (χ1n) is 27.4. The molecule has 64 heavy (non-hydrogen) atoms. The van der Waals surface area contributed by atoms with Gasteiger partial charge in [0, 0.05) is 12.8 Å². The van der Waals surface area contributed by atoms with Crippen LogP contribution in [-0.4, -0.2) is 87.4 Å². The van der Waals surface area contributed by atoms with Gasteiger partial charge in [-0.2, -0.15) is 0 Å². The fourth-order valence-corrected chi connectivity index (χ4v) is 8.01. The molecule has 0 spiro atoms. The van der Waals surface area contributed by atoms with Crippen LogP contribution in [0, 0.1) is 0 Å². The number of carboxylic acid groups (broad SMARTS) is 1. The molecule has 0 aromatic rings. The largest absolute Gasteiger partial charge is 0.477 e. The van der Waals surface area contributed by atoms with E-state index in [-0.39, 0.29) is 32.2 Å². The molecule has 1 N–H and O–H groups in total. The minimum Gasteiger partial charge on any atom is -0.477 e. The number of ether oxygens (including phenoxy) is 4. The van der Waals surface area contributed by atoms with Gasteiger partial charge >= 0.3 is 17.9 Å². The lowest BCUT2D eigenvalue weighted by Gasteiger charge is -2.25. The Kier molecular flexibility index (Phi) is 46.1. The maximum Gasteiger partial charge on any atom is 0.361 e. The number of nitrogens with zero attached hydrogens (tertiary/aromatic N) is 1. The predicted octanol–water partition coefficient (Wildman–Crippen LogP) is 15.4. The number of hydrogen-bond acceptors (Lipinski definition) is 7. The average molecular weight is 909 g/mol. The quantitative estimate of drug-likeness (QED) is 0.0211. The van der Waals surface area contributed by atoms with Crippen LogP contribution in [0.15, 0.2) is 12.2 Å². The van der Waals surface area contributed by atoms with E-state index in [4.69, 9.17) is 18.9 Å². The van der Waals surface area contributed by atoms with Crippen molar-refractivity contribution in [3.8, 4) is 0 Å². The van der Waals surface area contributed by atoms with Gasteiger partial charge in [0.2, 0.25) is 0 Å². The first-order chi connectivity index (χ1) is 31.1. The molecule has 0 bridgehead atoms. The zero-order chi connectivity index (χ0) is 47.0. The number of quaternary nitrogens is 1. The van der Waals surface area contributed by atoms with Gasteiger partial charge in [-0.3, -0.25) is 9.59 Å². The summed E-state index contributed by atoms with van der Waals surface area (Å²) >= 11 is 0. The van der Waals surface area contributed by atoms with E-state index in [1.807, 2.05) is 21.1 Å². The molecule has 0 fully saturated rings. The average Bonchev–Trinajstić information content (AvgIpc) is 3.26. The van der Waals surface area contributed by atoms with E-state index >= 15 is 0 Å². The van der Waals surface area contributed by atoms with Crippen LogP contribution in [0.25, 0.3) is 0 Å². The number of hydrogen-bond donors (Lipinski definition) is 1. The molecule has 2 unspecified atom stereocenters. The second-order valence-electron chi connectivity index (χ2n) is 19.9. The number of allylic oxidation sites excluding steroid dienone is 2. The Hall–Kier alpha value is -1.97. The second-order valence-corrected chi connectivity index (χ2v) is 19.9. The lowest BCUT2D eigenvalue weighted by atomic mass is 10.0. The number of carbonyl (C=O) groups is 3. The predicted molar refractivity (Wildman–Crippen MR) is 268 cm³/mol. The maximum atomic E-state index is 12.8. The van der Waals surface area contributed by atoms with Crippen molar-refractivity contribution >= 4 is 17.9 Å². The minimum absolute atomic E-state index is 0.177. The van der Waals surface area contributed by atoms with Gasteiger partial charge in [-0.15, -0.1) is 0 Å². The monoisotopic (exact) mass is 909 g/mol. The van der Waals surface area contributed by atoms with E-state index in [0.717, 1.165) is 38.5 Å². The zero-order valence-electron chi connectivity index (χ0n) is 43.0. The van der Waals surface area contributed by atoms with Gasteiger partial charge in [-0.25, -0.2) is 4.79 Å². The zero-order valence-corrected chi connectivity index (χ0v) is 43.0. The van der Waals surface area contributed by atoms with Crippen molar-refractivity contribution in [2.24, 2.45) is 0 Å². The molecule has 0 amide bonds. The van der Waals surface area contributed by atoms with Crippen molar-refractivity contribution in [3.63, 3.8) is 0 Å². The van der Waals surface area contributed by atoms with Crippen LogP contribution in [0.4, 0.5) is 0 Å². The number of carbonyl (C=O) groups excluding carboxylic acids is 2. The summed E-state index contributed by atoms with van der Waals surface area (Å²) in [6.45, 7) is 4.84. The Labute approximate surface area is 395 Å². The summed E-state index contributed by atoms with van der Waals surface area (Å²) in [6, 6.07) is 0. The number of rotatable bonds is 51. The normalized spacial score (nSPS) is 12.8. The van der Waals surface area contributed by atoms with Crippen LogP contribution in [0.2, 0.25) is 0 Å². The van der Waals surface area contributed by atoms with E-state index in [2.05, 4.69) is 26.0 Å². The molecule has 378 valence electrons. The molecule has 9 heteroatoms. The smallest absolute Gasteiger partial charge is 0.361 e. The minimum atomic E-state index is -1.50. The fraction of sp³-hybridized carbons (Fsp3) is 0.909. The van der Waals surface area contributed by atoms with Crippen molar-refractivity contribution < 1.29 is 42.9 Å². The molecule has 0 aliphatic carbocycles. The molecule has 0 saturated heterocycles. The van der Waals surface area contributed by atoms with Gasteiger partial charge in [-0.1, -0.05) is 225 Å². The molecular weight excluding hydrogens is 803 g/mol. The highest BCUT2D eigenvalue weighted by Crippen LogP contribution is 2.17. The molecule has 0 heterocycles. The van der Waals surface area contributed by atoms with Crippen LogP contribution in [0.1, 0.15) is 264 Å². The summed E-state index contributed by atoms with van der Waals surface area (Å²) in [5, 5.41) is 9.62. The van der Waals surface area contributed by atoms with Gasteiger partial charge in [0.05, 0.1) is 34.4 Å². The number of aliphatic carboxylic acids is 1. The molecular formula is C55H106NO8+. The van der Waals surface area contributed by atoms with E-state index in [9.17, 15) is 19.5 Å². The van der Waals surface area contributed by atoms with Gasteiger partial charge in [0.1, 0.15) is 13.2 Å². The molecule has 0 saturated carbocycles. The van der Waals surface area contributed by atoms with E-state index < -0.39 is 24.3 Å². The topological polar surface area (TPSA) is 108 Å². The summed E-state index contributed by atoms with van der Waals surface area (Å²) in [6.07, 6.45) is 50.7. The number of carboxylic acids is 1. The Morgan fingerprint density at radius 3 is 1.16 bits per heavy atom. The Morgan fingerprint density at radius 2 is 0.797 bits per heavy atom. The van der Waals surface area contributed by atoms with Gasteiger partial charge < -0.3 is 28.5 Å². The first kappa shape index (κ1) is 62.0. The molecule has 0 aromatic heterocycles. The number of esters is 2. The highest BCUT2D eigenvalue weighted by Gasteiger charge is 2.25. The molecule has 0 rings (SSSR count). The fourth-order valence-electron chi connectivity index (χ4n) is 8.01. The van der Waals surface area contributed by atoms with Crippen molar-refractivity contribution in [3.05, 3.63) is 12.2 Å². The van der Waals surface area contributed by atoms with Crippen molar-refractivity contribution in [2.75, 3.05) is 47.5 Å². The first-order valence-corrected chi connectivity index (χ1v) is 27.4. The standard InChI is InChI=1S/C55H105NO8/c1-6-8-10-12-14-15-16-17-18-19-20-21-22-23-24-25-26-27-28-29-30-31-32-33-34-35-36-37-38-39-40-42-44-46-53(58)64-51(49-62-52(57)45-43-41-13-11-9-7-2)50-63-55(54(59)60)61-48-47-56(3,4)5/h19-20,51,55H,6-18,21-50H2,1-5H3/p+1/b20-19-. The number of unbranched alkanes of at least 4 members (excludes halogenated alkanes) is 34. The summed E-state index contributed by atoms with van der Waals surface area (Å²) in [4.78, 5) is 36.9. The lowest BCUT2D eigenvalue weighted by Crippen LogP contribution is -2.40. The van der Waals surface area contributed by atoms with Gasteiger partial charge in [0.25, 0.3) is 6.29 Å². The third-order valence-electron chi connectivity index (χ3n) is 12.3. The Bertz CT molecular complexity index is 1060. The second kappa shape index (κ2) is 47.5. The Morgan fingerprint density at radius 1 is 0.453 bits per heavy atom. The van der Waals surface area contributed by atoms with Crippen molar-refractivity contribution in [1.29, 1.82) is 0 Å². The summed E-state index contributed by atoms with van der Waals surface area (Å²) in [5.41, 5.74) is 0. The molecule has 2 atom stereocenters. The maximum absolute atomic E-state index is 12.8. The SMILES string of the molecule is CCCCCCCCCC/C=C\CCCCCCCCCCCCCCCCCCCCCCCC(=O)OC(COC(=O)CCCCCCCC)COC(OCC[N+](C)(C)C)C(=O)O. The van der Waals surface area contributed by atoms with Crippen LogP contribution in [0.3, 0.4) is 0 Å². The van der Waals surface area contributed by atoms with Crippen LogP contribution < -0.4 is 0 Å². The summed E-state index contributed by atoms with van der Waals surface area (Å²) in [7, 11) is 5.96. The lowest BCUT2D eigenvalue weighted by molar-refractivity contribution is -0.870. The third kappa shape index (κ3) is 48.0. The van der Waals surface area contributed by atoms with E-state index in [1.54, 1.807) is 0 Å². The molecule has 0 aliphatic heterocycles. The molecule has 0 aliphatic rings. The third-order valence-corrected chi connectivity index (χ3v) is 12.3. The van der Waals surface area contributed by atoms with E-state index in [1.165, 1.54) is 199 Å². The molecule has 0 radical (unpaired) electrons. The van der Waals surface area contributed by atoms with Crippen molar-refractivity contribution in [2.45, 2.75) is 277 Å². The highest BCUT2D eigenvalue weighted by atomic mass is 16.7. The van der Waals surface area contributed by atoms with E-state index in [0.29, 0.717) is 17.4 Å². The Balaban J connectivity index is 3.88. The van der Waals surface area contributed by atoms with Gasteiger partial charge in [-0.05, 0) is 38.5 Å².